The fourth-order valence-electron chi connectivity index (χ4n) is 4.35. The lowest BCUT2D eigenvalue weighted by molar-refractivity contribution is -0.140. The van der Waals surface area contributed by atoms with Gasteiger partial charge in [-0.15, -0.1) is 11.3 Å². The van der Waals surface area contributed by atoms with Crippen LogP contribution in [0.5, 0.6) is 0 Å². The average molecular weight is 497 g/mol. The topological polar surface area (TPSA) is 64.7 Å². The van der Waals surface area contributed by atoms with Gasteiger partial charge >= 0.3 is 11.8 Å². The van der Waals surface area contributed by atoms with Crippen LogP contribution in [0.4, 0.5) is 5.69 Å². The molecule has 1 aliphatic heterocycles. The Morgan fingerprint density at radius 2 is 1.65 bits per heavy atom. The maximum Gasteiger partial charge on any atom is 0.309 e. The number of anilines is 1. The SMILES string of the molecule is C[C@H](NC(=O)C(=O)NCc1ccccc1Cl)[C@@H](c1cccs1)N1CCN(c2ccccc2)CC1. The molecule has 1 aromatic heterocycles. The van der Waals surface area contributed by atoms with Crippen molar-refractivity contribution in [2.75, 3.05) is 31.1 Å². The molecule has 8 heteroatoms. The average Bonchev–Trinajstić information content (AvgIpc) is 3.39. The van der Waals surface area contributed by atoms with Gasteiger partial charge in [-0.05, 0) is 42.1 Å². The lowest BCUT2D eigenvalue weighted by Gasteiger charge is -2.42. The van der Waals surface area contributed by atoms with Gasteiger partial charge in [-0.3, -0.25) is 14.5 Å². The molecule has 0 unspecified atom stereocenters. The largest absolute Gasteiger partial charge is 0.369 e. The van der Waals surface area contributed by atoms with Crippen LogP contribution in [0.3, 0.4) is 0 Å². The number of nitrogens with zero attached hydrogens (tertiary/aromatic N) is 2. The van der Waals surface area contributed by atoms with Gasteiger partial charge in [-0.1, -0.05) is 54.1 Å². The normalized spacial score (nSPS) is 16.0. The fraction of sp³-hybridized carbons (Fsp3) is 0.308. The molecule has 1 fully saturated rings. The van der Waals surface area contributed by atoms with Gasteiger partial charge in [0.1, 0.15) is 0 Å². The Morgan fingerprint density at radius 1 is 0.941 bits per heavy atom. The molecule has 2 heterocycles. The highest BCUT2D eigenvalue weighted by molar-refractivity contribution is 7.10. The number of rotatable bonds is 7. The van der Waals surface area contributed by atoms with Crippen molar-refractivity contribution in [3.05, 3.63) is 87.6 Å². The Hall–Kier alpha value is -2.87. The predicted molar refractivity (Wildman–Crippen MR) is 138 cm³/mol. The molecule has 0 bridgehead atoms. The first-order chi connectivity index (χ1) is 16.5. The summed E-state index contributed by atoms with van der Waals surface area (Å²) in [5, 5.41) is 8.20. The summed E-state index contributed by atoms with van der Waals surface area (Å²) < 4.78 is 0. The summed E-state index contributed by atoms with van der Waals surface area (Å²) >= 11 is 7.82. The molecule has 0 aliphatic carbocycles. The highest BCUT2D eigenvalue weighted by atomic mass is 35.5. The number of thiophene rings is 1. The van der Waals surface area contributed by atoms with Crippen LogP contribution < -0.4 is 15.5 Å². The Bertz CT molecular complexity index is 1090. The quantitative estimate of drug-likeness (QED) is 0.484. The van der Waals surface area contributed by atoms with Gasteiger partial charge < -0.3 is 15.5 Å². The number of benzene rings is 2. The maximum absolute atomic E-state index is 12.7. The molecule has 4 rings (SSSR count). The first kappa shape index (κ1) is 24.3. The summed E-state index contributed by atoms with van der Waals surface area (Å²) in [6.07, 6.45) is 0. The van der Waals surface area contributed by atoms with E-state index in [-0.39, 0.29) is 18.6 Å². The summed E-state index contributed by atoms with van der Waals surface area (Å²) in [5.41, 5.74) is 2.00. The Labute approximate surface area is 209 Å². The number of nitrogens with one attached hydrogen (secondary N) is 2. The molecule has 2 N–H and O–H groups in total. The van der Waals surface area contributed by atoms with Gasteiger partial charge in [0.15, 0.2) is 0 Å². The van der Waals surface area contributed by atoms with E-state index in [0.717, 1.165) is 31.7 Å². The number of hydrogen-bond acceptors (Lipinski definition) is 5. The van der Waals surface area contributed by atoms with Crippen molar-refractivity contribution in [2.24, 2.45) is 0 Å². The van der Waals surface area contributed by atoms with Crippen molar-refractivity contribution in [1.29, 1.82) is 0 Å². The minimum atomic E-state index is -0.661. The van der Waals surface area contributed by atoms with Crippen LogP contribution in [-0.4, -0.2) is 48.9 Å². The van der Waals surface area contributed by atoms with Gasteiger partial charge in [-0.2, -0.15) is 0 Å². The van der Waals surface area contributed by atoms with Crippen LogP contribution in [0, 0.1) is 0 Å². The van der Waals surface area contributed by atoms with E-state index < -0.39 is 11.8 Å². The smallest absolute Gasteiger partial charge is 0.309 e. The first-order valence-electron chi connectivity index (χ1n) is 11.4. The summed E-state index contributed by atoms with van der Waals surface area (Å²) in [6, 6.07) is 21.6. The summed E-state index contributed by atoms with van der Waals surface area (Å²) in [4.78, 5) is 31.1. The third-order valence-electron chi connectivity index (χ3n) is 6.10. The number of hydrogen-bond donors (Lipinski definition) is 2. The highest BCUT2D eigenvalue weighted by Crippen LogP contribution is 2.30. The van der Waals surface area contributed by atoms with Crippen LogP contribution in [0.25, 0.3) is 0 Å². The van der Waals surface area contributed by atoms with Crippen molar-refractivity contribution in [3.63, 3.8) is 0 Å². The monoisotopic (exact) mass is 496 g/mol. The molecule has 0 saturated carbocycles. The fourth-order valence-corrected chi connectivity index (χ4v) is 5.51. The molecule has 2 aromatic carbocycles. The second kappa shape index (κ2) is 11.5. The molecular formula is C26H29ClN4O2S. The maximum atomic E-state index is 12.7. The van der Waals surface area contributed by atoms with E-state index in [1.54, 1.807) is 17.4 Å². The zero-order valence-electron chi connectivity index (χ0n) is 19.1. The van der Waals surface area contributed by atoms with Gasteiger partial charge in [0.25, 0.3) is 0 Å². The second-order valence-corrected chi connectivity index (χ2v) is 9.74. The number of carbonyl (C=O) groups excluding carboxylic acids is 2. The van der Waals surface area contributed by atoms with E-state index >= 15 is 0 Å². The Balaban J connectivity index is 1.37. The number of piperazine rings is 1. The van der Waals surface area contributed by atoms with E-state index in [4.69, 9.17) is 11.6 Å². The van der Waals surface area contributed by atoms with Gasteiger partial charge in [-0.25, -0.2) is 0 Å². The van der Waals surface area contributed by atoms with Crippen molar-refractivity contribution in [3.8, 4) is 0 Å². The van der Waals surface area contributed by atoms with Crippen LogP contribution in [0.2, 0.25) is 5.02 Å². The highest BCUT2D eigenvalue weighted by Gasteiger charge is 2.31. The van der Waals surface area contributed by atoms with E-state index in [1.165, 1.54) is 10.6 Å². The third kappa shape index (κ3) is 5.97. The number of halogens is 1. The molecule has 3 aromatic rings. The Morgan fingerprint density at radius 3 is 2.32 bits per heavy atom. The molecule has 2 amide bonds. The number of carbonyl (C=O) groups is 2. The second-order valence-electron chi connectivity index (χ2n) is 8.36. The molecular weight excluding hydrogens is 468 g/mol. The molecule has 34 heavy (non-hydrogen) atoms. The Kier molecular flexibility index (Phi) is 8.21. The van der Waals surface area contributed by atoms with Crippen LogP contribution >= 0.6 is 22.9 Å². The van der Waals surface area contributed by atoms with E-state index in [1.807, 2.05) is 42.6 Å². The van der Waals surface area contributed by atoms with Crippen LogP contribution in [-0.2, 0) is 16.1 Å². The third-order valence-corrected chi connectivity index (χ3v) is 7.41. The minimum absolute atomic E-state index is 0.00163. The van der Waals surface area contributed by atoms with Gasteiger partial charge in [0.2, 0.25) is 0 Å². The van der Waals surface area contributed by atoms with Crippen molar-refractivity contribution >= 4 is 40.4 Å². The van der Waals surface area contributed by atoms with Crippen molar-refractivity contribution in [1.82, 2.24) is 15.5 Å². The summed E-state index contributed by atoms with van der Waals surface area (Å²) in [5.74, 6) is -1.30. The van der Waals surface area contributed by atoms with Crippen molar-refractivity contribution in [2.45, 2.75) is 25.6 Å². The summed E-state index contributed by atoms with van der Waals surface area (Å²) in [7, 11) is 0. The van der Waals surface area contributed by atoms with Gasteiger partial charge in [0.05, 0.1) is 6.04 Å². The van der Waals surface area contributed by atoms with Crippen LogP contribution in [0.1, 0.15) is 23.4 Å². The number of amides is 2. The molecule has 1 aliphatic rings. The van der Waals surface area contributed by atoms with Gasteiger partial charge in [0, 0.05) is 54.4 Å². The van der Waals surface area contributed by atoms with E-state index in [9.17, 15) is 9.59 Å². The zero-order valence-corrected chi connectivity index (χ0v) is 20.7. The summed E-state index contributed by atoms with van der Waals surface area (Å²) in [6.45, 7) is 5.73. The first-order valence-corrected chi connectivity index (χ1v) is 12.7. The molecule has 0 spiro atoms. The predicted octanol–water partition coefficient (Wildman–Crippen LogP) is 4.09. The molecule has 2 atom stereocenters. The lowest BCUT2D eigenvalue weighted by atomic mass is 10.0. The lowest BCUT2D eigenvalue weighted by Crippen LogP contribution is -2.53. The minimum Gasteiger partial charge on any atom is -0.369 e. The molecule has 6 nitrogen and oxygen atoms in total. The zero-order chi connectivity index (χ0) is 23.9. The van der Waals surface area contributed by atoms with Crippen LogP contribution in [0.15, 0.2) is 72.1 Å². The van der Waals surface area contributed by atoms with Crippen molar-refractivity contribution < 1.29 is 9.59 Å². The van der Waals surface area contributed by atoms with E-state index in [0.29, 0.717) is 5.02 Å². The number of para-hydroxylation sites is 1. The standard InChI is InChI=1S/C26H29ClN4O2S/c1-19(29-26(33)25(32)28-18-20-8-5-6-11-22(20)27)24(23-12-7-17-34-23)31-15-13-30(14-16-31)21-9-3-2-4-10-21/h2-12,17,19,24H,13-16,18H2,1H3,(H,28,32)(H,29,33)/t19-,24-/m0/s1. The van der Waals surface area contributed by atoms with E-state index in [2.05, 4.69) is 50.8 Å². The molecule has 0 radical (unpaired) electrons. The molecule has 1 saturated heterocycles. The molecule has 178 valence electrons.